The minimum absolute atomic E-state index is 0.123. The van der Waals surface area contributed by atoms with Crippen molar-refractivity contribution < 1.29 is 38.9 Å². The van der Waals surface area contributed by atoms with E-state index in [2.05, 4.69) is 42.4 Å². The number of amides is 4. The van der Waals surface area contributed by atoms with Crippen LogP contribution in [0.1, 0.15) is 75.4 Å². The molecule has 306 valence electrons. The van der Waals surface area contributed by atoms with Crippen LogP contribution in [0.25, 0.3) is 22.5 Å². The molecule has 0 bridgehead atoms. The highest BCUT2D eigenvalue weighted by Crippen LogP contribution is 2.35. The number of aliphatic hydroxyl groups excluding tert-OH is 2. The summed E-state index contributed by atoms with van der Waals surface area (Å²) >= 11 is 0. The van der Waals surface area contributed by atoms with Crippen LogP contribution in [-0.4, -0.2) is 116 Å². The molecule has 4 amide bonds. The van der Waals surface area contributed by atoms with Gasteiger partial charge in [-0.2, -0.15) is 0 Å². The average molecular weight is 795 g/mol. The number of methoxy groups -OCH3 is 2. The van der Waals surface area contributed by atoms with E-state index in [9.17, 15) is 29.4 Å². The lowest BCUT2D eigenvalue weighted by Crippen LogP contribution is -2.51. The van der Waals surface area contributed by atoms with Crippen molar-refractivity contribution in [1.82, 2.24) is 40.4 Å². The highest BCUT2D eigenvalue weighted by atomic mass is 16.5. The molecule has 0 unspecified atom stereocenters. The van der Waals surface area contributed by atoms with Crippen LogP contribution in [-0.2, 0) is 19.1 Å². The molecule has 2 aromatic carbocycles. The molecule has 4 heterocycles. The van der Waals surface area contributed by atoms with Crippen molar-refractivity contribution >= 4 is 24.0 Å². The van der Waals surface area contributed by atoms with Gasteiger partial charge in [0.1, 0.15) is 29.8 Å². The van der Waals surface area contributed by atoms with Crippen molar-refractivity contribution in [2.45, 2.75) is 76.9 Å². The smallest absolute Gasteiger partial charge is 0.407 e. The van der Waals surface area contributed by atoms with E-state index >= 15 is 0 Å². The fraction of sp³-hybridized carbons (Fsp3) is 0.429. The van der Waals surface area contributed by atoms with Crippen LogP contribution in [0, 0.1) is 23.7 Å². The molecular formula is C42H50N8O8. The third-order valence-corrected chi connectivity index (χ3v) is 10.5. The number of nitrogens with zero attached hydrogens (tertiary/aromatic N) is 4. The lowest BCUT2D eigenvalue weighted by molar-refractivity contribution is -0.136. The quantitative estimate of drug-likeness (QED) is 0.127. The van der Waals surface area contributed by atoms with E-state index in [0.29, 0.717) is 36.7 Å². The highest BCUT2D eigenvalue weighted by Gasteiger charge is 2.43. The monoisotopic (exact) mass is 794 g/mol. The number of H-pyrrole nitrogens is 2. The Morgan fingerprint density at radius 2 is 1.21 bits per heavy atom. The van der Waals surface area contributed by atoms with Gasteiger partial charge in [0.15, 0.2) is 0 Å². The van der Waals surface area contributed by atoms with Crippen molar-refractivity contribution in [3.05, 3.63) is 83.7 Å². The summed E-state index contributed by atoms with van der Waals surface area (Å²) in [4.78, 5) is 69.7. The summed E-state index contributed by atoms with van der Waals surface area (Å²) in [6, 6.07) is 12.5. The predicted octanol–water partition coefficient (Wildman–Crippen LogP) is 3.90. The number of carbonyl (C=O) groups is 4. The minimum atomic E-state index is -0.824. The van der Waals surface area contributed by atoms with Gasteiger partial charge >= 0.3 is 12.2 Å². The first-order valence-corrected chi connectivity index (χ1v) is 19.3. The Hall–Kier alpha value is -6.18. The zero-order valence-corrected chi connectivity index (χ0v) is 33.4. The Kier molecular flexibility index (Phi) is 12.8. The third kappa shape index (κ3) is 9.17. The Bertz CT molecular complexity index is 2150. The summed E-state index contributed by atoms with van der Waals surface area (Å²) in [5.74, 6) is 6.34. The molecule has 16 heteroatoms. The van der Waals surface area contributed by atoms with Gasteiger partial charge in [-0.3, -0.25) is 9.59 Å². The molecule has 2 aromatic heterocycles. The fourth-order valence-corrected chi connectivity index (χ4v) is 7.32. The second-order valence-corrected chi connectivity index (χ2v) is 15.2. The van der Waals surface area contributed by atoms with Gasteiger partial charge in [-0.15, -0.1) is 0 Å². The van der Waals surface area contributed by atoms with Crippen LogP contribution < -0.4 is 10.6 Å². The molecule has 6 N–H and O–H groups in total. The molecule has 6 atom stereocenters. The first-order valence-electron chi connectivity index (χ1n) is 19.3. The first-order chi connectivity index (χ1) is 27.8. The van der Waals surface area contributed by atoms with Crippen molar-refractivity contribution in [3.8, 4) is 34.4 Å². The highest BCUT2D eigenvalue weighted by molar-refractivity contribution is 5.87. The number of aromatic nitrogens is 4. The number of imidazole rings is 2. The maximum absolute atomic E-state index is 13.5. The van der Waals surface area contributed by atoms with E-state index < -0.39 is 48.6 Å². The van der Waals surface area contributed by atoms with Gasteiger partial charge in [0.2, 0.25) is 11.8 Å². The van der Waals surface area contributed by atoms with Crippen LogP contribution in [0.2, 0.25) is 0 Å². The normalized spacial score (nSPS) is 20.0. The molecule has 58 heavy (non-hydrogen) atoms. The predicted molar refractivity (Wildman–Crippen MR) is 213 cm³/mol. The van der Waals surface area contributed by atoms with E-state index in [-0.39, 0.29) is 30.2 Å². The maximum Gasteiger partial charge on any atom is 0.407 e. The van der Waals surface area contributed by atoms with Gasteiger partial charge in [0.05, 0.1) is 56.3 Å². The molecule has 2 fully saturated rings. The van der Waals surface area contributed by atoms with E-state index in [1.54, 1.807) is 22.2 Å². The zero-order chi connectivity index (χ0) is 41.7. The number of aromatic amines is 2. The van der Waals surface area contributed by atoms with Crippen LogP contribution in [0.5, 0.6) is 0 Å². The van der Waals surface area contributed by atoms with Gasteiger partial charge in [-0.1, -0.05) is 63.8 Å². The summed E-state index contributed by atoms with van der Waals surface area (Å²) in [5.41, 5.74) is 4.77. The van der Waals surface area contributed by atoms with E-state index in [0.717, 1.165) is 27.9 Å². The van der Waals surface area contributed by atoms with Crippen molar-refractivity contribution in [1.29, 1.82) is 0 Å². The van der Waals surface area contributed by atoms with Crippen molar-refractivity contribution in [2.75, 3.05) is 27.3 Å². The Morgan fingerprint density at radius 1 is 0.741 bits per heavy atom. The number of aliphatic hydroxyl groups is 2. The lowest BCUT2D eigenvalue weighted by Gasteiger charge is -2.30. The number of alkyl carbamates (subject to hydrolysis) is 2. The van der Waals surface area contributed by atoms with Gasteiger partial charge < -0.3 is 50.1 Å². The summed E-state index contributed by atoms with van der Waals surface area (Å²) < 4.78 is 9.43. The second-order valence-electron chi connectivity index (χ2n) is 15.2. The van der Waals surface area contributed by atoms with Gasteiger partial charge in [0.25, 0.3) is 0 Å². The molecule has 16 nitrogen and oxygen atoms in total. The third-order valence-electron chi connectivity index (χ3n) is 10.5. The number of hydrogen-bond donors (Lipinski definition) is 6. The molecule has 0 radical (unpaired) electrons. The number of nitrogens with one attached hydrogen (secondary N) is 4. The molecule has 0 spiro atoms. The largest absolute Gasteiger partial charge is 0.453 e. The summed E-state index contributed by atoms with van der Waals surface area (Å²) in [6.07, 6.45) is 1.09. The van der Waals surface area contributed by atoms with E-state index in [4.69, 9.17) is 9.47 Å². The molecule has 0 saturated carbocycles. The molecule has 2 aliphatic heterocycles. The standard InChI is InChI=1S/C42H50N8O8/c1-23(2)34(47-41(55)57-5)39(53)49-18-17-33(52)36(49)38-44-21-31(46-38)28-15-11-26(12-16-28)8-7-25-9-13-27(14-10-25)30-20-43-37(45-30)32-19-29(51)22-50(32)40(54)35(24(3)4)48-42(56)58-6/h9-16,20-21,23-24,29,32-36,51-52H,17-19,22H2,1-6H3,(H,43,45)(H,44,46)(H,47,55)(H,48,56)/t29-,32+,33-,34+,35+,36+/m0/s1. The SMILES string of the molecule is COC(=O)N[C@@H](C(=O)N1C[C@@H](O)C[C@@H]1c1ncc(-c2ccc(C#Cc3ccc(-c4cnc([C@H]5[C@@H](O)CCN5C(=O)[C@H](NC(=O)OC)C(C)C)[nH]4)cc3)cc2)[nH]1)C(C)C. The number of likely N-dealkylation sites (tertiary alicyclic amines) is 2. The summed E-state index contributed by atoms with van der Waals surface area (Å²) in [5, 5.41) is 26.6. The van der Waals surface area contributed by atoms with Gasteiger partial charge in [-0.05, 0) is 53.6 Å². The topological polar surface area (TPSA) is 215 Å². The van der Waals surface area contributed by atoms with Crippen molar-refractivity contribution in [3.63, 3.8) is 0 Å². The van der Waals surface area contributed by atoms with Gasteiger partial charge in [0, 0.05) is 30.6 Å². The maximum atomic E-state index is 13.5. The Balaban J connectivity index is 1.10. The lowest BCUT2D eigenvalue weighted by atomic mass is 10.0. The van der Waals surface area contributed by atoms with Crippen LogP contribution >= 0.6 is 0 Å². The van der Waals surface area contributed by atoms with Crippen molar-refractivity contribution in [2.24, 2.45) is 11.8 Å². The van der Waals surface area contributed by atoms with Crippen LogP contribution in [0.3, 0.4) is 0 Å². The first kappa shape index (κ1) is 41.5. The molecule has 2 saturated heterocycles. The van der Waals surface area contributed by atoms with E-state index in [1.165, 1.54) is 14.2 Å². The molecule has 0 aliphatic carbocycles. The van der Waals surface area contributed by atoms with E-state index in [1.807, 2.05) is 76.2 Å². The molecule has 6 rings (SSSR count). The average Bonchev–Trinajstić information content (AvgIpc) is 4.04. The minimum Gasteiger partial charge on any atom is -0.453 e. The number of carbonyl (C=O) groups excluding carboxylic acids is 4. The molecule has 2 aliphatic rings. The summed E-state index contributed by atoms with van der Waals surface area (Å²) in [6.45, 7) is 7.76. The molecule has 4 aromatic rings. The summed E-state index contributed by atoms with van der Waals surface area (Å²) in [7, 11) is 2.49. The zero-order valence-electron chi connectivity index (χ0n) is 33.4. The number of ether oxygens (including phenoxy) is 2. The fourth-order valence-electron chi connectivity index (χ4n) is 7.32. The number of β-amino-alcohol motifs (C(OH)–C–C–N with tert-alkyl or cyclic N) is 1. The Labute approximate surface area is 336 Å². The number of rotatable bonds is 10. The molecular weight excluding hydrogens is 745 g/mol. The van der Waals surface area contributed by atoms with Crippen LogP contribution in [0.15, 0.2) is 60.9 Å². The number of benzene rings is 2. The second kappa shape index (κ2) is 18.0. The van der Waals surface area contributed by atoms with Gasteiger partial charge in [-0.25, -0.2) is 19.6 Å². The number of hydrogen-bond acceptors (Lipinski definition) is 10. The Morgan fingerprint density at radius 3 is 1.69 bits per heavy atom. The van der Waals surface area contributed by atoms with Crippen LogP contribution in [0.4, 0.5) is 9.59 Å².